The quantitative estimate of drug-likeness (QED) is 0.856. The van der Waals surface area contributed by atoms with Gasteiger partial charge in [-0.15, -0.1) is 0 Å². The van der Waals surface area contributed by atoms with Crippen LogP contribution in [0.5, 0.6) is 11.5 Å². The highest BCUT2D eigenvalue weighted by Crippen LogP contribution is 2.38. The van der Waals surface area contributed by atoms with Crippen LogP contribution < -0.4 is 9.47 Å². The van der Waals surface area contributed by atoms with Crippen LogP contribution >= 0.6 is 11.6 Å². The van der Waals surface area contributed by atoms with Crippen molar-refractivity contribution in [1.29, 1.82) is 0 Å². The van der Waals surface area contributed by atoms with E-state index in [1.54, 1.807) is 6.07 Å². The summed E-state index contributed by atoms with van der Waals surface area (Å²) in [6.07, 6.45) is 0.933. The molecule has 1 aromatic rings. The molecule has 0 bridgehead atoms. The van der Waals surface area contributed by atoms with E-state index in [0.717, 1.165) is 12.0 Å². The van der Waals surface area contributed by atoms with Gasteiger partial charge in [0.05, 0.1) is 18.6 Å². The summed E-state index contributed by atoms with van der Waals surface area (Å²) in [5.41, 5.74) is 0.291. The fraction of sp³-hybridized carbons (Fsp3) is 0.562. The average molecular weight is 326 g/mol. The summed E-state index contributed by atoms with van der Waals surface area (Å²) >= 11 is 6.32. The number of fused-ring (bicyclic) bond motifs is 1. The van der Waals surface area contributed by atoms with E-state index in [-0.39, 0.29) is 12.0 Å². The SMILES string of the molecule is CCC1COc2cc(CN3OCC(C)(C)C3=O)c(Cl)cc2O1. The maximum atomic E-state index is 12.2. The monoisotopic (exact) mass is 325 g/mol. The molecule has 0 spiro atoms. The Morgan fingerprint density at radius 2 is 2.14 bits per heavy atom. The minimum Gasteiger partial charge on any atom is -0.486 e. The number of hydrogen-bond acceptors (Lipinski definition) is 4. The third-order valence-corrected chi connectivity index (χ3v) is 4.34. The molecule has 2 aliphatic heterocycles. The fourth-order valence-corrected chi connectivity index (χ4v) is 2.68. The van der Waals surface area contributed by atoms with Gasteiger partial charge in [0.25, 0.3) is 5.91 Å². The number of hydrogen-bond donors (Lipinski definition) is 0. The highest BCUT2D eigenvalue weighted by atomic mass is 35.5. The van der Waals surface area contributed by atoms with Gasteiger partial charge in [-0.05, 0) is 31.9 Å². The van der Waals surface area contributed by atoms with Gasteiger partial charge < -0.3 is 9.47 Å². The first-order valence-corrected chi connectivity index (χ1v) is 7.85. The first-order valence-electron chi connectivity index (χ1n) is 7.47. The van der Waals surface area contributed by atoms with Crippen molar-refractivity contribution in [2.24, 2.45) is 5.41 Å². The summed E-state index contributed by atoms with van der Waals surface area (Å²) in [5, 5.41) is 1.91. The van der Waals surface area contributed by atoms with Gasteiger partial charge in [0.1, 0.15) is 12.7 Å². The van der Waals surface area contributed by atoms with Gasteiger partial charge in [-0.1, -0.05) is 18.5 Å². The normalized spacial score (nSPS) is 23.0. The summed E-state index contributed by atoms with van der Waals surface area (Å²) in [7, 11) is 0. The van der Waals surface area contributed by atoms with E-state index >= 15 is 0 Å². The molecular weight excluding hydrogens is 306 g/mol. The first-order chi connectivity index (χ1) is 10.4. The first kappa shape index (κ1) is 15.4. The summed E-state index contributed by atoms with van der Waals surface area (Å²) < 4.78 is 11.5. The Balaban J connectivity index is 1.80. The van der Waals surface area contributed by atoms with Crippen molar-refractivity contribution >= 4 is 17.5 Å². The number of benzene rings is 1. The third-order valence-electron chi connectivity index (χ3n) is 3.99. The number of nitrogens with zero attached hydrogens (tertiary/aromatic N) is 1. The van der Waals surface area contributed by atoms with Gasteiger partial charge in [0.15, 0.2) is 11.5 Å². The Morgan fingerprint density at radius 3 is 2.77 bits per heavy atom. The summed E-state index contributed by atoms with van der Waals surface area (Å²) in [6.45, 7) is 6.99. The van der Waals surface area contributed by atoms with Crippen LogP contribution in [0, 0.1) is 5.41 Å². The summed E-state index contributed by atoms with van der Waals surface area (Å²) in [4.78, 5) is 17.7. The molecule has 1 fully saturated rings. The number of amides is 1. The van der Waals surface area contributed by atoms with E-state index in [9.17, 15) is 4.79 Å². The molecule has 120 valence electrons. The zero-order valence-electron chi connectivity index (χ0n) is 13.0. The maximum Gasteiger partial charge on any atom is 0.254 e. The van der Waals surface area contributed by atoms with E-state index < -0.39 is 5.41 Å². The van der Waals surface area contributed by atoms with E-state index in [1.165, 1.54) is 5.06 Å². The molecule has 3 rings (SSSR count). The van der Waals surface area contributed by atoms with Crippen molar-refractivity contribution in [2.45, 2.75) is 39.8 Å². The number of halogens is 1. The number of ether oxygens (including phenoxy) is 2. The molecule has 1 unspecified atom stereocenters. The molecule has 5 nitrogen and oxygen atoms in total. The van der Waals surface area contributed by atoms with E-state index in [0.29, 0.717) is 36.3 Å². The van der Waals surface area contributed by atoms with E-state index in [2.05, 4.69) is 0 Å². The van der Waals surface area contributed by atoms with Crippen LogP contribution in [0.15, 0.2) is 12.1 Å². The predicted octanol–water partition coefficient (Wildman–Crippen LogP) is 3.19. The minimum atomic E-state index is -0.491. The van der Waals surface area contributed by atoms with Crippen molar-refractivity contribution in [2.75, 3.05) is 13.2 Å². The number of carbonyl (C=O) groups excluding carboxylic acids is 1. The number of carbonyl (C=O) groups is 1. The second-order valence-corrected chi connectivity index (χ2v) is 6.76. The summed E-state index contributed by atoms with van der Waals surface area (Å²) in [6, 6.07) is 3.57. The molecule has 1 atom stereocenters. The molecule has 1 amide bonds. The molecular formula is C16H20ClNO4. The third kappa shape index (κ3) is 2.75. The Labute approximate surface area is 135 Å². The lowest BCUT2D eigenvalue weighted by Crippen LogP contribution is -2.31. The zero-order chi connectivity index (χ0) is 15.9. The molecule has 0 radical (unpaired) electrons. The Hall–Kier alpha value is -1.46. The molecule has 2 heterocycles. The van der Waals surface area contributed by atoms with Crippen LogP contribution in [-0.2, 0) is 16.2 Å². The zero-order valence-corrected chi connectivity index (χ0v) is 13.8. The lowest BCUT2D eigenvalue weighted by atomic mass is 9.95. The predicted molar refractivity (Wildman–Crippen MR) is 81.9 cm³/mol. The fourth-order valence-electron chi connectivity index (χ4n) is 2.47. The van der Waals surface area contributed by atoms with Crippen molar-refractivity contribution in [3.05, 3.63) is 22.7 Å². The van der Waals surface area contributed by atoms with E-state index in [4.69, 9.17) is 25.9 Å². The lowest BCUT2D eigenvalue weighted by Gasteiger charge is -2.27. The largest absolute Gasteiger partial charge is 0.486 e. The highest BCUT2D eigenvalue weighted by molar-refractivity contribution is 6.31. The lowest BCUT2D eigenvalue weighted by molar-refractivity contribution is -0.165. The topological polar surface area (TPSA) is 48.0 Å². The van der Waals surface area contributed by atoms with Crippen LogP contribution in [0.1, 0.15) is 32.8 Å². The Kier molecular flexibility index (Phi) is 3.95. The van der Waals surface area contributed by atoms with Gasteiger partial charge in [-0.25, -0.2) is 5.06 Å². The van der Waals surface area contributed by atoms with Crippen LogP contribution in [0.25, 0.3) is 0 Å². The summed E-state index contributed by atoms with van der Waals surface area (Å²) in [5.74, 6) is 1.28. The van der Waals surface area contributed by atoms with Crippen molar-refractivity contribution in [1.82, 2.24) is 5.06 Å². The minimum absolute atomic E-state index is 0.0375. The standard InChI is InChI=1S/C16H20ClNO4/c1-4-11-8-20-13-5-10(12(17)6-14(13)22-11)7-18-15(19)16(2,3)9-21-18/h5-6,11H,4,7-9H2,1-3H3. The highest BCUT2D eigenvalue weighted by Gasteiger charge is 2.40. The van der Waals surface area contributed by atoms with Gasteiger partial charge in [-0.2, -0.15) is 0 Å². The van der Waals surface area contributed by atoms with Gasteiger partial charge >= 0.3 is 0 Å². The molecule has 0 N–H and O–H groups in total. The van der Waals surface area contributed by atoms with Crippen LogP contribution in [-0.4, -0.2) is 30.3 Å². The molecule has 1 aromatic carbocycles. The van der Waals surface area contributed by atoms with Crippen molar-refractivity contribution in [3.63, 3.8) is 0 Å². The van der Waals surface area contributed by atoms with Crippen molar-refractivity contribution < 1.29 is 19.1 Å². The molecule has 6 heteroatoms. The second kappa shape index (κ2) is 5.63. The molecule has 0 saturated carbocycles. The number of hydroxylamine groups is 2. The van der Waals surface area contributed by atoms with Crippen LogP contribution in [0.2, 0.25) is 5.02 Å². The molecule has 1 saturated heterocycles. The Morgan fingerprint density at radius 1 is 1.36 bits per heavy atom. The second-order valence-electron chi connectivity index (χ2n) is 6.35. The van der Waals surface area contributed by atoms with Gasteiger partial charge in [-0.3, -0.25) is 9.63 Å². The Bertz CT molecular complexity index is 602. The van der Waals surface area contributed by atoms with Crippen LogP contribution in [0.4, 0.5) is 0 Å². The van der Waals surface area contributed by atoms with Crippen LogP contribution in [0.3, 0.4) is 0 Å². The molecule has 2 aliphatic rings. The van der Waals surface area contributed by atoms with Gasteiger partial charge in [0, 0.05) is 11.1 Å². The number of rotatable bonds is 3. The molecule has 0 aliphatic carbocycles. The van der Waals surface area contributed by atoms with Crippen molar-refractivity contribution in [3.8, 4) is 11.5 Å². The van der Waals surface area contributed by atoms with E-state index in [1.807, 2.05) is 26.8 Å². The average Bonchev–Trinajstić information content (AvgIpc) is 2.74. The smallest absolute Gasteiger partial charge is 0.254 e. The molecule has 22 heavy (non-hydrogen) atoms. The maximum absolute atomic E-state index is 12.2. The molecule has 0 aromatic heterocycles. The van der Waals surface area contributed by atoms with Gasteiger partial charge in [0.2, 0.25) is 0 Å².